The lowest BCUT2D eigenvalue weighted by Crippen LogP contribution is -2.34. The van der Waals surface area contributed by atoms with Crippen LogP contribution in [0.4, 0.5) is 0 Å². The van der Waals surface area contributed by atoms with E-state index >= 15 is 0 Å². The minimum absolute atomic E-state index is 0.0620. The maximum Gasteiger partial charge on any atom is 0.254 e. The number of carbonyl (C=O) groups excluding carboxylic acids is 1. The van der Waals surface area contributed by atoms with E-state index in [1.165, 1.54) is 11.8 Å². The molecule has 3 aromatic rings. The van der Waals surface area contributed by atoms with Crippen LogP contribution in [-0.2, 0) is 12.2 Å². The molecule has 0 spiro atoms. The molecule has 1 atom stereocenters. The fourth-order valence-corrected chi connectivity index (χ4v) is 4.23. The molecule has 28 heavy (non-hydrogen) atoms. The summed E-state index contributed by atoms with van der Waals surface area (Å²) >= 11 is 7.73. The van der Waals surface area contributed by atoms with Gasteiger partial charge in [-0.15, -0.1) is 11.8 Å². The van der Waals surface area contributed by atoms with Crippen LogP contribution in [-0.4, -0.2) is 22.1 Å². The highest BCUT2D eigenvalue weighted by Gasteiger charge is 2.17. The number of aromatic nitrogens is 2. The van der Waals surface area contributed by atoms with Crippen LogP contribution in [0.25, 0.3) is 0 Å². The van der Waals surface area contributed by atoms with Crippen molar-refractivity contribution in [3.63, 3.8) is 0 Å². The summed E-state index contributed by atoms with van der Waals surface area (Å²) in [5.41, 5.74) is 3.47. The summed E-state index contributed by atoms with van der Waals surface area (Å²) in [6.07, 6.45) is 2.35. The lowest BCUT2D eigenvalue weighted by Gasteiger charge is -2.16. The first kappa shape index (κ1) is 20.4. The summed E-state index contributed by atoms with van der Waals surface area (Å²) < 4.78 is 5.21. The quantitative estimate of drug-likeness (QED) is 0.550. The Labute approximate surface area is 173 Å². The molecule has 2 heterocycles. The van der Waals surface area contributed by atoms with Crippen LogP contribution in [0.5, 0.6) is 0 Å². The van der Waals surface area contributed by atoms with Gasteiger partial charge in [0.1, 0.15) is 10.8 Å². The zero-order valence-electron chi connectivity index (χ0n) is 16.0. The molecule has 1 amide bonds. The number of thioether (sulfide) groups is 1. The van der Waals surface area contributed by atoms with Gasteiger partial charge in [0.05, 0.1) is 11.3 Å². The second-order valence-corrected chi connectivity index (χ2v) is 7.99. The fourth-order valence-electron chi connectivity index (χ4n) is 2.87. The number of nitrogens with one attached hydrogen (secondary N) is 1. The highest BCUT2D eigenvalue weighted by atomic mass is 35.5. The van der Waals surface area contributed by atoms with E-state index in [1.54, 1.807) is 18.3 Å². The summed E-state index contributed by atoms with van der Waals surface area (Å²) in [4.78, 5) is 17.2. The van der Waals surface area contributed by atoms with Crippen LogP contribution < -0.4 is 5.32 Å². The third-order valence-corrected chi connectivity index (χ3v) is 5.81. The van der Waals surface area contributed by atoms with Crippen molar-refractivity contribution in [2.75, 3.05) is 0 Å². The minimum Gasteiger partial charge on any atom is -0.361 e. The summed E-state index contributed by atoms with van der Waals surface area (Å²) in [5, 5.41) is 8.41. The van der Waals surface area contributed by atoms with Gasteiger partial charge >= 0.3 is 0 Å². The third kappa shape index (κ3) is 4.94. The number of amides is 1. The number of pyridine rings is 1. The first-order valence-corrected chi connectivity index (χ1v) is 10.4. The van der Waals surface area contributed by atoms with Crippen molar-refractivity contribution in [1.29, 1.82) is 0 Å². The lowest BCUT2D eigenvalue weighted by atomic mass is 10.1. The lowest BCUT2D eigenvalue weighted by molar-refractivity contribution is 0.0936. The van der Waals surface area contributed by atoms with Crippen molar-refractivity contribution in [2.45, 2.75) is 44.0 Å². The molecule has 3 rings (SSSR count). The minimum atomic E-state index is -0.145. The number of aryl methyl sites for hydroxylation is 2. The van der Waals surface area contributed by atoms with Gasteiger partial charge in [-0.2, -0.15) is 0 Å². The van der Waals surface area contributed by atoms with E-state index in [0.717, 1.165) is 22.6 Å². The van der Waals surface area contributed by atoms with E-state index < -0.39 is 0 Å². The number of halogens is 1. The van der Waals surface area contributed by atoms with Gasteiger partial charge in [0, 0.05) is 28.6 Å². The first-order valence-electron chi connectivity index (χ1n) is 8.99. The molecule has 7 heteroatoms. The van der Waals surface area contributed by atoms with E-state index in [1.807, 2.05) is 45.0 Å². The monoisotopic (exact) mass is 415 g/mol. The zero-order chi connectivity index (χ0) is 20.1. The average molecular weight is 416 g/mol. The Hall–Kier alpha value is -2.31. The highest BCUT2D eigenvalue weighted by Crippen LogP contribution is 2.27. The highest BCUT2D eigenvalue weighted by molar-refractivity contribution is 7.98. The van der Waals surface area contributed by atoms with Gasteiger partial charge < -0.3 is 9.84 Å². The zero-order valence-corrected chi connectivity index (χ0v) is 17.6. The van der Waals surface area contributed by atoms with Crippen LogP contribution in [0, 0.1) is 13.8 Å². The van der Waals surface area contributed by atoms with Crippen molar-refractivity contribution >= 4 is 29.3 Å². The number of rotatable bonds is 7. The molecule has 0 saturated carbocycles. The van der Waals surface area contributed by atoms with Crippen molar-refractivity contribution in [1.82, 2.24) is 15.5 Å². The van der Waals surface area contributed by atoms with Crippen LogP contribution >= 0.6 is 23.4 Å². The molecule has 0 fully saturated rings. The van der Waals surface area contributed by atoms with Gasteiger partial charge in [0.25, 0.3) is 5.91 Å². The normalized spacial score (nSPS) is 12.0. The van der Waals surface area contributed by atoms with Crippen molar-refractivity contribution in [3.8, 4) is 0 Å². The molecule has 5 nitrogen and oxygen atoms in total. The molecule has 0 aliphatic carbocycles. The largest absolute Gasteiger partial charge is 0.361 e. The number of nitrogens with zero attached hydrogens (tertiary/aromatic N) is 2. The first-order chi connectivity index (χ1) is 13.5. The fraction of sp³-hybridized carbons (Fsp3) is 0.286. The van der Waals surface area contributed by atoms with E-state index in [4.69, 9.17) is 16.1 Å². The Morgan fingerprint density at radius 2 is 2.04 bits per heavy atom. The smallest absolute Gasteiger partial charge is 0.254 e. The van der Waals surface area contributed by atoms with Gasteiger partial charge in [-0.1, -0.05) is 35.0 Å². The molecule has 0 bridgehead atoms. The van der Waals surface area contributed by atoms with Crippen molar-refractivity contribution in [3.05, 3.63) is 75.8 Å². The predicted octanol–water partition coefficient (Wildman–Crippen LogP) is 4.99. The predicted molar refractivity (Wildman–Crippen MR) is 112 cm³/mol. The summed E-state index contributed by atoms with van der Waals surface area (Å²) in [6, 6.07) is 11.2. The summed E-state index contributed by atoms with van der Waals surface area (Å²) in [5.74, 6) is 1.29. The van der Waals surface area contributed by atoms with Crippen LogP contribution in [0.3, 0.4) is 0 Å². The number of hydrogen-bond donors (Lipinski definition) is 1. The van der Waals surface area contributed by atoms with Gasteiger partial charge in [-0.25, -0.2) is 4.98 Å². The van der Waals surface area contributed by atoms with Crippen LogP contribution in [0.15, 0.2) is 52.1 Å². The van der Waals surface area contributed by atoms with Gasteiger partial charge in [0.15, 0.2) is 0 Å². The van der Waals surface area contributed by atoms with Crippen molar-refractivity contribution < 1.29 is 9.32 Å². The van der Waals surface area contributed by atoms with Crippen LogP contribution in [0.2, 0.25) is 5.02 Å². The third-order valence-electron chi connectivity index (χ3n) is 4.41. The molecule has 146 valence electrons. The second kappa shape index (κ2) is 9.26. The van der Waals surface area contributed by atoms with Crippen LogP contribution in [0.1, 0.15) is 39.9 Å². The molecular weight excluding hydrogens is 394 g/mol. The standard InChI is InChI=1S/C21H22ClN3O2S/c1-13(11-16-7-4-5-9-19(16)22)24-20(26)17-8-6-10-23-21(17)28-12-18-14(2)25-27-15(18)3/h4-10,13H,11-12H2,1-3H3,(H,24,26). The molecule has 1 unspecified atom stereocenters. The molecule has 1 aromatic carbocycles. The Morgan fingerprint density at radius 3 is 2.75 bits per heavy atom. The van der Waals surface area contributed by atoms with E-state index in [2.05, 4.69) is 15.5 Å². The Morgan fingerprint density at radius 1 is 1.25 bits per heavy atom. The molecule has 0 aliphatic heterocycles. The molecule has 0 saturated heterocycles. The van der Waals surface area contributed by atoms with Gasteiger partial charge in [0.2, 0.25) is 0 Å². The SMILES string of the molecule is Cc1noc(C)c1CSc1ncccc1C(=O)NC(C)Cc1ccccc1Cl. The van der Waals surface area contributed by atoms with Gasteiger partial charge in [-0.05, 0) is 51.0 Å². The average Bonchev–Trinajstić information content (AvgIpc) is 3.00. The number of hydrogen-bond acceptors (Lipinski definition) is 5. The molecule has 0 radical (unpaired) electrons. The molecule has 1 N–H and O–H groups in total. The topological polar surface area (TPSA) is 68.0 Å². The van der Waals surface area contributed by atoms with E-state index in [0.29, 0.717) is 27.8 Å². The second-order valence-electron chi connectivity index (χ2n) is 6.62. The Kier molecular flexibility index (Phi) is 6.75. The van der Waals surface area contributed by atoms with Gasteiger partial charge in [-0.3, -0.25) is 4.79 Å². The van der Waals surface area contributed by atoms with Crippen molar-refractivity contribution in [2.24, 2.45) is 0 Å². The summed E-state index contributed by atoms with van der Waals surface area (Å²) in [7, 11) is 0. The maximum absolute atomic E-state index is 12.8. The summed E-state index contributed by atoms with van der Waals surface area (Å²) in [6.45, 7) is 5.77. The van der Waals surface area contributed by atoms with E-state index in [-0.39, 0.29) is 11.9 Å². The van der Waals surface area contributed by atoms with E-state index in [9.17, 15) is 4.79 Å². The molecule has 2 aromatic heterocycles. The molecule has 0 aliphatic rings. The Balaban J connectivity index is 1.67. The Bertz CT molecular complexity index is 954. The number of carbonyl (C=O) groups is 1. The molecular formula is C21H22ClN3O2S. The maximum atomic E-state index is 12.8. The number of benzene rings is 1.